The van der Waals surface area contributed by atoms with E-state index in [1.165, 1.54) is 12.1 Å². The Bertz CT molecular complexity index is 381. The SMILES string of the molecule is CCOC(=O)c1cc(Br)cc(NO)c1O. The molecule has 0 atom stereocenters. The Hall–Kier alpha value is -1.27. The van der Waals surface area contributed by atoms with Crippen molar-refractivity contribution in [3.8, 4) is 5.75 Å². The first-order valence-corrected chi connectivity index (χ1v) is 4.99. The van der Waals surface area contributed by atoms with Gasteiger partial charge in [0.25, 0.3) is 0 Å². The maximum Gasteiger partial charge on any atom is 0.342 e. The minimum atomic E-state index is -0.646. The fraction of sp³-hybridized carbons (Fsp3) is 0.222. The summed E-state index contributed by atoms with van der Waals surface area (Å²) in [5.41, 5.74) is 1.81. The fourth-order valence-electron chi connectivity index (χ4n) is 1.05. The van der Waals surface area contributed by atoms with Crippen molar-refractivity contribution in [1.29, 1.82) is 0 Å². The van der Waals surface area contributed by atoms with Crippen molar-refractivity contribution < 1.29 is 19.8 Å². The summed E-state index contributed by atoms with van der Waals surface area (Å²) in [5, 5.41) is 18.3. The van der Waals surface area contributed by atoms with Crippen LogP contribution in [-0.4, -0.2) is 22.9 Å². The minimum Gasteiger partial charge on any atom is -0.505 e. The topological polar surface area (TPSA) is 78.8 Å². The van der Waals surface area contributed by atoms with Crippen LogP contribution in [0.15, 0.2) is 16.6 Å². The normalized spacial score (nSPS) is 9.80. The van der Waals surface area contributed by atoms with Gasteiger partial charge in [0.2, 0.25) is 0 Å². The maximum absolute atomic E-state index is 11.4. The molecule has 0 aliphatic heterocycles. The quantitative estimate of drug-likeness (QED) is 0.448. The van der Waals surface area contributed by atoms with E-state index in [1.54, 1.807) is 12.4 Å². The minimum absolute atomic E-state index is 0.0113. The number of rotatable bonds is 3. The molecule has 0 aliphatic rings. The van der Waals surface area contributed by atoms with E-state index in [-0.39, 0.29) is 23.6 Å². The third kappa shape index (κ3) is 2.60. The van der Waals surface area contributed by atoms with Crippen LogP contribution < -0.4 is 5.48 Å². The molecule has 82 valence electrons. The predicted octanol–water partition coefficient (Wildman–Crippen LogP) is 2.13. The summed E-state index contributed by atoms with van der Waals surface area (Å²) in [6.07, 6.45) is 0. The molecule has 0 saturated carbocycles. The Morgan fingerprint density at radius 1 is 1.60 bits per heavy atom. The van der Waals surface area contributed by atoms with Crippen LogP contribution in [0.5, 0.6) is 5.75 Å². The third-order valence-corrected chi connectivity index (χ3v) is 2.15. The van der Waals surface area contributed by atoms with Crippen molar-refractivity contribution in [2.45, 2.75) is 6.92 Å². The maximum atomic E-state index is 11.4. The van der Waals surface area contributed by atoms with Crippen molar-refractivity contribution >= 4 is 27.6 Å². The lowest BCUT2D eigenvalue weighted by molar-refractivity contribution is 0.0523. The number of phenols is 1. The number of phenolic OH excluding ortho intramolecular Hbond substituents is 1. The van der Waals surface area contributed by atoms with E-state index in [2.05, 4.69) is 15.9 Å². The van der Waals surface area contributed by atoms with Gasteiger partial charge in [-0.25, -0.2) is 4.79 Å². The van der Waals surface area contributed by atoms with Gasteiger partial charge in [0.1, 0.15) is 11.3 Å². The second-order valence-corrected chi connectivity index (χ2v) is 3.60. The van der Waals surface area contributed by atoms with E-state index < -0.39 is 5.97 Å². The molecule has 15 heavy (non-hydrogen) atoms. The molecule has 0 spiro atoms. The van der Waals surface area contributed by atoms with Crippen LogP contribution in [0.25, 0.3) is 0 Å². The number of esters is 1. The second kappa shape index (κ2) is 4.99. The van der Waals surface area contributed by atoms with Crippen LogP contribution >= 0.6 is 15.9 Å². The molecule has 3 N–H and O–H groups in total. The largest absolute Gasteiger partial charge is 0.505 e. The Labute approximate surface area is 94.8 Å². The van der Waals surface area contributed by atoms with Gasteiger partial charge in [-0.3, -0.25) is 10.7 Å². The highest BCUT2D eigenvalue weighted by molar-refractivity contribution is 9.10. The van der Waals surface area contributed by atoms with Crippen molar-refractivity contribution in [3.63, 3.8) is 0 Å². The lowest BCUT2D eigenvalue weighted by Gasteiger charge is -2.08. The first kappa shape index (κ1) is 11.8. The summed E-state index contributed by atoms with van der Waals surface area (Å²) in [6, 6.07) is 2.84. The Balaban J connectivity index is 3.17. The molecule has 5 nitrogen and oxygen atoms in total. The van der Waals surface area contributed by atoms with Gasteiger partial charge in [-0.15, -0.1) is 0 Å². The number of halogens is 1. The van der Waals surface area contributed by atoms with Crippen molar-refractivity contribution in [2.24, 2.45) is 0 Å². The molecule has 0 fully saturated rings. The van der Waals surface area contributed by atoms with Gasteiger partial charge >= 0.3 is 5.97 Å². The predicted molar refractivity (Wildman–Crippen MR) is 57.2 cm³/mol. The molecule has 0 heterocycles. The number of aromatic hydroxyl groups is 1. The average molecular weight is 276 g/mol. The molecule has 0 aliphatic carbocycles. The average Bonchev–Trinajstić information content (AvgIpc) is 2.21. The van der Waals surface area contributed by atoms with Crippen LogP contribution in [0.2, 0.25) is 0 Å². The molecule has 0 amide bonds. The fourth-order valence-corrected chi connectivity index (χ4v) is 1.51. The highest BCUT2D eigenvalue weighted by Crippen LogP contribution is 2.31. The van der Waals surface area contributed by atoms with E-state index in [9.17, 15) is 9.90 Å². The number of hydrogen-bond donors (Lipinski definition) is 3. The van der Waals surface area contributed by atoms with Crippen LogP contribution in [0.4, 0.5) is 5.69 Å². The number of hydrogen-bond acceptors (Lipinski definition) is 5. The second-order valence-electron chi connectivity index (χ2n) is 2.68. The molecule has 6 heteroatoms. The number of ether oxygens (including phenoxy) is 1. The molecule has 1 aromatic rings. The molecule has 0 bridgehead atoms. The molecular weight excluding hydrogens is 266 g/mol. The van der Waals surface area contributed by atoms with Gasteiger partial charge in [-0.2, -0.15) is 0 Å². The van der Waals surface area contributed by atoms with E-state index in [1.807, 2.05) is 0 Å². The molecule has 0 unspecified atom stereocenters. The van der Waals surface area contributed by atoms with E-state index in [4.69, 9.17) is 9.94 Å². The van der Waals surface area contributed by atoms with Crippen LogP contribution in [-0.2, 0) is 4.74 Å². The summed E-state index contributed by atoms with van der Waals surface area (Å²) in [6.45, 7) is 1.88. The van der Waals surface area contributed by atoms with Gasteiger partial charge in [0.05, 0.1) is 6.61 Å². The standard InChI is InChI=1S/C9H10BrNO4/c1-2-15-9(13)6-3-5(10)4-7(11-14)8(6)12/h3-4,11-12,14H,2H2,1H3. The summed E-state index contributed by atoms with van der Waals surface area (Å²) in [4.78, 5) is 11.4. The van der Waals surface area contributed by atoms with Crippen LogP contribution in [0.3, 0.4) is 0 Å². The Kier molecular flexibility index (Phi) is 3.93. The lowest BCUT2D eigenvalue weighted by Crippen LogP contribution is -2.06. The van der Waals surface area contributed by atoms with Gasteiger partial charge in [-0.1, -0.05) is 15.9 Å². The summed E-state index contributed by atoms with van der Waals surface area (Å²) < 4.78 is 5.28. The molecule has 0 saturated heterocycles. The van der Waals surface area contributed by atoms with E-state index in [0.717, 1.165) is 0 Å². The summed E-state index contributed by atoms with van der Waals surface area (Å²) in [5.74, 6) is -0.994. The number of nitrogens with one attached hydrogen (secondary N) is 1. The molecule has 0 radical (unpaired) electrons. The Morgan fingerprint density at radius 3 is 2.80 bits per heavy atom. The summed E-state index contributed by atoms with van der Waals surface area (Å²) in [7, 11) is 0. The monoisotopic (exact) mass is 275 g/mol. The summed E-state index contributed by atoms with van der Waals surface area (Å²) >= 11 is 3.14. The lowest BCUT2D eigenvalue weighted by atomic mass is 10.2. The van der Waals surface area contributed by atoms with Gasteiger partial charge in [0.15, 0.2) is 5.75 Å². The third-order valence-electron chi connectivity index (χ3n) is 1.69. The number of carbonyl (C=O) groups is 1. The van der Waals surface area contributed by atoms with Crippen LogP contribution in [0, 0.1) is 0 Å². The van der Waals surface area contributed by atoms with E-state index in [0.29, 0.717) is 4.47 Å². The Morgan fingerprint density at radius 2 is 2.27 bits per heavy atom. The van der Waals surface area contributed by atoms with E-state index >= 15 is 0 Å². The molecular formula is C9H10BrNO4. The number of benzene rings is 1. The van der Waals surface area contributed by atoms with Gasteiger partial charge in [-0.05, 0) is 19.1 Å². The zero-order valence-electron chi connectivity index (χ0n) is 7.95. The smallest absolute Gasteiger partial charge is 0.342 e. The zero-order chi connectivity index (χ0) is 11.4. The first-order chi connectivity index (χ1) is 7.10. The van der Waals surface area contributed by atoms with Crippen molar-refractivity contribution in [1.82, 2.24) is 0 Å². The van der Waals surface area contributed by atoms with Gasteiger partial charge in [0, 0.05) is 4.47 Å². The molecule has 1 rings (SSSR count). The highest BCUT2D eigenvalue weighted by Gasteiger charge is 2.16. The number of carbonyl (C=O) groups excluding carboxylic acids is 1. The van der Waals surface area contributed by atoms with Crippen molar-refractivity contribution in [3.05, 3.63) is 22.2 Å². The van der Waals surface area contributed by atoms with Gasteiger partial charge < -0.3 is 9.84 Å². The molecule has 1 aromatic carbocycles. The van der Waals surface area contributed by atoms with Crippen LogP contribution in [0.1, 0.15) is 17.3 Å². The zero-order valence-corrected chi connectivity index (χ0v) is 9.54. The first-order valence-electron chi connectivity index (χ1n) is 4.19. The highest BCUT2D eigenvalue weighted by atomic mass is 79.9. The molecule has 0 aromatic heterocycles. The van der Waals surface area contributed by atoms with Crippen molar-refractivity contribution in [2.75, 3.05) is 12.1 Å². The number of anilines is 1.